The largest absolute Gasteiger partial charge is 0.606 e. The van der Waals surface area contributed by atoms with Gasteiger partial charge in [-0.05, 0) is 68.6 Å². The number of ether oxygens (including phenoxy) is 8. The van der Waals surface area contributed by atoms with Gasteiger partial charge in [0.2, 0.25) is 11.8 Å². The van der Waals surface area contributed by atoms with Gasteiger partial charge in [0, 0.05) is 0 Å². The molecule has 135 heavy (non-hydrogen) atoms. The Morgan fingerprint density at radius 3 is 0.963 bits per heavy atom. The van der Waals surface area contributed by atoms with Crippen LogP contribution in [0.3, 0.4) is 0 Å². The molecule has 7 N–H and O–H groups in total. The van der Waals surface area contributed by atoms with E-state index < -0.39 is 186 Å². The number of esters is 5. The molecular formula is C110H207N2O22P. The first kappa shape index (κ1) is 127. The summed E-state index contributed by atoms with van der Waals surface area (Å²) in [6.45, 7) is 26.4. The smallest absolute Gasteiger partial charge is 0.374 e. The van der Waals surface area contributed by atoms with Crippen molar-refractivity contribution < 1.29 is 106 Å². The molecule has 0 bridgehead atoms. The van der Waals surface area contributed by atoms with Crippen LogP contribution in [-0.2, 0) is 76.0 Å². The molecule has 2 amide bonds. The van der Waals surface area contributed by atoms with E-state index in [4.69, 9.17) is 42.4 Å². The van der Waals surface area contributed by atoms with Crippen molar-refractivity contribution in [2.45, 2.75) is 600 Å². The monoisotopic (exact) mass is 1940 g/mol. The molecule has 24 nitrogen and oxygen atoms in total. The second-order valence-electron chi connectivity index (χ2n) is 41.6. The van der Waals surface area contributed by atoms with Gasteiger partial charge in [-0.15, -0.1) is 0 Å². The number of aliphatic hydroxyl groups excluding tert-OH is 3. The quantitative estimate of drug-likeness (QED) is 0.0129. The van der Waals surface area contributed by atoms with Gasteiger partial charge in [-0.3, -0.25) is 33.6 Å². The number of carbonyl (C=O) groups is 7. The van der Waals surface area contributed by atoms with Crippen molar-refractivity contribution in [3.8, 4) is 0 Å². The summed E-state index contributed by atoms with van der Waals surface area (Å²) >= 11 is 0. The van der Waals surface area contributed by atoms with E-state index in [0.717, 1.165) is 257 Å². The number of unbranched alkanes of at least 4 members (excludes halogenated alkanes) is 48. The first-order valence-electron chi connectivity index (χ1n) is 56.2. The fourth-order valence-corrected chi connectivity index (χ4v) is 19.6. The molecule has 2 heterocycles. The van der Waals surface area contributed by atoms with Gasteiger partial charge in [-0.1, -0.05) is 450 Å². The van der Waals surface area contributed by atoms with Crippen LogP contribution >= 0.6 is 8.17 Å². The summed E-state index contributed by atoms with van der Waals surface area (Å²) in [4.78, 5) is 138. The zero-order valence-electron chi connectivity index (χ0n) is 88.5. The van der Waals surface area contributed by atoms with E-state index in [9.17, 15) is 54.0 Å². The van der Waals surface area contributed by atoms with Crippen molar-refractivity contribution in [1.29, 1.82) is 0 Å². The Hall–Kier alpha value is -3.68. The van der Waals surface area contributed by atoms with Crippen LogP contribution in [0.2, 0.25) is 0 Å². The molecule has 0 aliphatic carbocycles. The van der Waals surface area contributed by atoms with Gasteiger partial charge >= 0.3 is 38.0 Å². The average molecular weight is 1940 g/mol. The summed E-state index contributed by atoms with van der Waals surface area (Å²) < 4.78 is 57.0. The van der Waals surface area contributed by atoms with Crippen LogP contribution in [0.4, 0.5) is 0 Å². The lowest BCUT2D eigenvalue weighted by Crippen LogP contribution is -2.67. The molecule has 0 spiro atoms. The van der Waals surface area contributed by atoms with Gasteiger partial charge in [0.1, 0.15) is 42.7 Å². The number of amides is 2. The molecule has 2 fully saturated rings. The molecule has 0 aromatic heterocycles. The van der Waals surface area contributed by atoms with Gasteiger partial charge < -0.3 is 68.7 Å². The molecule has 0 aromatic rings. The van der Waals surface area contributed by atoms with Crippen molar-refractivity contribution in [2.24, 2.45) is 41.4 Å². The number of carbonyl (C=O) groups excluding carboxylic acids is 7. The molecule has 20 unspecified atom stereocenters. The van der Waals surface area contributed by atoms with E-state index in [1.807, 2.05) is 48.5 Å². The van der Waals surface area contributed by atoms with Crippen LogP contribution in [-0.4, -0.2) is 166 Å². The molecular weight excluding hydrogens is 1730 g/mol. The lowest BCUT2D eigenvalue weighted by atomic mass is 9.92. The number of aliphatic hydroxyl groups is 3. The Kier molecular flexibility index (Phi) is 77.1. The molecule has 25 heteroatoms. The third-order valence-electron chi connectivity index (χ3n) is 28.7. The van der Waals surface area contributed by atoms with Gasteiger partial charge in [0.15, 0.2) is 24.6 Å². The minimum absolute atomic E-state index is 0.233. The molecule has 0 saturated carbocycles. The Labute approximate surface area is 823 Å². The fraction of sp³-hybridized carbons (Fsp3) is 0.936. The highest BCUT2D eigenvalue weighted by atomic mass is 31.2. The maximum atomic E-state index is 15.5. The topological polar surface area (TPSA) is 351 Å². The van der Waals surface area contributed by atoms with E-state index in [-0.39, 0.29) is 30.1 Å². The molecule has 0 aromatic carbocycles. The maximum absolute atomic E-state index is 15.5. The van der Waals surface area contributed by atoms with Crippen molar-refractivity contribution in [1.82, 2.24) is 10.6 Å². The zero-order chi connectivity index (χ0) is 99.7. The summed E-state index contributed by atoms with van der Waals surface area (Å²) in [5, 5.41) is 41.8. The number of nitrogens with one attached hydrogen (secondary N) is 2. The third kappa shape index (κ3) is 61.8. The lowest BCUT2D eigenvalue weighted by Gasteiger charge is -2.46. The highest BCUT2D eigenvalue weighted by Gasteiger charge is 2.55. The van der Waals surface area contributed by atoms with E-state index in [1.54, 1.807) is 0 Å². The minimum atomic E-state index is -5.64. The van der Waals surface area contributed by atoms with Crippen molar-refractivity contribution in [3.63, 3.8) is 0 Å². The lowest BCUT2D eigenvalue weighted by molar-refractivity contribution is -0.298. The molecule has 2 aliphatic heterocycles. The Bertz CT molecular complexity index is 2910. The number of hydrogen-bond acceptors (Lipinski definition) is 22. The zero-order valence-corrected chi connectivity index (χ0v) is 89.4. The Morgan fingerprint density at radius 1 is 0.363 bits per heavy atom. The fourth-order valence-electron chi connectivity index (χ4n) is 19.0. The third-order valence-corrected chi connectivity index (χ3v) is 29.2. The molecule has 2 aliphatic rings. The van der Waals surface area contributed by atoms with E-state index in [1.165, 1.54) is 96.3 Å². The normalized spacial score (nSPS) is 20.6. The SMILES string of the molecule is CCCCCCCCCCCCCC(C)C(=O)OC(CC(=O)NC1COC(COC2OC(CO)C(O[P+]([O-])(O)O)C(OC(=O)CC(OC(=O)C(C)CCCCCCCCCCC)C(C)CCCCCCCCC)C2NC(=O)CC(OC(=O)C(C)CCCCCCCCC)C(C)CCCCCCCCC)C(O)C1OC(=O)CC(O)C(C)CCCCCCCCC)C(C)CCCCCCCCC. The van der Waals surface area contributed by atoms with Crippen LogP contribution in [0, 0.1) is 41.4 Å². The van der Waals surface area contributed by atoms with Crippen LogP contribution < -0.4 is 15.5 Å². The van der Waals surface area contributed by atoms with Gasteiger partial charge in [-0.2, -0.15) is 14.3 Å². The molecule has 0 radical (unpaired) electrons. The van der Waals surface area contributed by atoms with E-state index in [0.29, 0.717) is 44.9 Å². The highest BCUT2D eigenvalue weighted by Crippen LogP contribution is 2.46. The summed E-state index contributed by atoms with van der Waals surface area (Å²) in [6, 6.07) is -3.04. The van der Waals surface area contributed by atoms with Crippen molar-refractivity contribution in [2.75, 3.05) is 19.8 Å². The number of hydrogen-bond donors (Lipinski definition) is 7. The number of rotatable bonds is 90. The van der Waals surface area contributed by atoms with Gasteiger partial charge in [0.05, 0.1) is 75.4 Å². The van der Waals surface area contributed by atoms with Crippen LogP contribution in [0.5, 0.6) is 0 Å². The predicted molar refractivity (Wildman–Crippen MR) is 542 cm³/mol. The van der Waals surface area contributed by atoms with Crippen LogP contribution in [0.15, 0.2) is 0 Å². The Morgan fingerprint density at radius 2 is 0.644 bits per heavy atom. The Balaban J connectivity index is 2.93. The number of phosphoric acid groups is 1. The summed E-state index contributed by atoms with van der Waals surface area (Å²) in [5.41, 5.74) is 0. The summed E-state index contributed by atoms with van der Waals surface area (Å²) in [7, 11) is -5.64. The maximum Gasteiger partial charge on any atom is 0.374 e. The van der Waals surface area contributed by atoms with Crippen LogP contribution in [0.1, 0.15) is 521 Å². The second kappa shape index (κ2) is 81.7. The van der Waals surface area contributed by atoms with Crippen LogP contribution in [0.25, 0.3) is 0 Å². The molecule has 20 atom stereocenters. The predicted octanol–water partition coefficient (Wildman–Crippen LogP) is 25.1. The molecule has 2 rings (SSSR count). The standard InChI is InChI=1S/C110H207N2O22P/c1-15-22-29-36-43-45-46-48-55-62-68-75-88(12)107(120)128-93(85(9)71-64-57-50-39-32-25-18-4)78-98(115)111-91-82-126-97(103(119)104(91)132-100(117)77-92(114)84(8)70-63-56-49-38-31-24-17-3)83-127-110-102(112-99(116)79-94(86(10)72-65-58-51-40-33-26-19-5)129-108(121)89(13)74-67-60-53-42-35-28-21-7)106(105(96(81-113)131-110)134-135(123,124)125)133-101(118)80-95(87(11)73-66-59-52-41-34-27-20-6)130-109(122)90(14)76-69-61-54-47-44-37-30-23-16-2/h84-97,102-106,110,113-114,119H,15-83H2,1-14H3,(H,111,115)(H,112,116)(H2,123,124,125). The van der Waals surface area contributed by atoms with Gasteiger partial charge in [-0.25, -0.2) is 0 Å². The summed E-state index contributed by atoms with van der Waals surface area (Å²) in [5.74, 6) is -7.34. The average Bonchev–Trinajstić information content (AvgIpc) is 0.775. The van der Waals surface area contributed by atoms with E-state index >= 15 is 9.59 Å². The van der Waals surface area contributed by atoms with Crippen molar-refractivity contribution in [3.05, 3.63) is 0 Å². The van der Waals surface area contributed by atoms with E-state index in [2.05, 4.69) is 59.1 Å². The van der Waals surface area contributed by atoms with Gasteiger partial charge in [0.25, 0.3) is 0 Å². The van der Waals surface area contributed by atoms with Crippen molar-refractivity contribution >= 4 is 49.8 Å². The first-order chi connectivity index (χ1) is 65.0. The highest BCUT2D eigenvalue weighted by molar-refractivity contribution is 7.51. The number of phosphoric ester groups is 1. The molecule has 794 valence electrons. The summed E-state index contributed by atoms with van der Waals surface area (Å²) in [6.07, 6.45) is 45.5. The minimum Gasteiger partial charge on any atom is -0.606 e. The first-order valence-corrected chi connectivity index (χ1v) is 57.7. The molecule has 2 saturated heterocycles. The second-order valence-corrected chi connectivity index (χ2v) is 42.8.